The van der Waals surface area contributed by atoms with E-state index in [1.165, 1.54) is 6.07 Å². The molecule has 0 saturated carbocycles. The van der Waals surface area contributed by atoms with Crippen LogP contribution in [-0.4, -0.2) is 31.9 Å². The predicted molar refractivity (Wildman–Crippen MR) is 84.6 cm³/mol. The van der Waals surface area contributed by atoms with Crippen LogP contribution in [0.4, 0.5) is 0 Å². The summed E-state index contributed by atoms with van der Waals surface area (Å²) in [6.45, 7) is 6.60. The molecule has 1 aromatic carbocycles. The van der Waals surface area contributed by atoms with E-state index in [1.54, 1.807) is 10.4 Å². The summed E-state index contributed by atoms with van der Waals surface area (Å²) in [5.74, 6) is 0.386. The van der Waals surface area contributed by atoms with Gasteiger partial charge in [0.05, 0.1) is 6.61 Å². The summed E-state index contributed by atoms with van der Waals surface area (Å²) >= 11 is 6.13. The van der Waals surface area contributed by atoms with Gasteiger partial charge in [-0.05, 0) is 51.3 Å². The highest BCUT2D eigenvalue weighted by atomic mass is 35.5. The molecule has 21 heavy (non-hydrogen) atoms. The molecule has 6 heteroatoms. The molecule has 0 aliphatic carbocycles. The van der Waals surface area contributed by atoms with Crippen molar-refractivity contribution in [3.8, 4) is 5.75 Å². The number of sulfonamides is 1. The quantitative estimate of drug-likeness (QED) is 0.846. The van der Waals surface area contributed by atoms with Crippen LogP contribution < -0.4 is 4.74 Å². The second-order valence-electron chi connectivity index (χ2n) is 5.44. The lowest BCUT2D eigenvalue weighted by molar-refractivity contribution is 0.266. The van der Waals surface area contributed by atoms with Gasteiger partial charge in [0.15, 0.2) is 0 Å². The lowest BCUT2D eigenvalue weighted by Crippen LogP contribution is -2.42. The van der Waals surface area contributed by atoms with E-state index < -0.39 is 10.0 Å². The van der Waals surface area contributed by atoms with Gasteiger partial charge in [0.2, 0.25) is 10.0 Å². The molecule has 1 aliphatic heterocycles. The Labute approximate surface area is 132 Å². The number of piperidine rings is 1. The van der Waals surface area contributed by atoms with Crippen molar-refractivity contribution >= 4 is 21.6 Å². The van der Waals surface area contributed by atoms with E-state index in [1.807, 2.05) is 20.8 Å². The molecule has 0 spiro atoms. The molecule has 4 nitrogen and oxygen atoms in total. The fraction of sp³-hybridized carbons (Fsp3) is 0.600. The van der Waals surface area contributed by atoms with Gasteiger partial charge in [0.25, 0.3) is 0 Å². The molecule has 1 heterocycles. The zero-order chi connectivity index (χ0) is 15.6. The van der Waals surface area contributed by atoms with Crippen molar-refractivity contribution < 1.29 is 13.2 Å². The monoisotopic (exact) mass is 331 g/mol. The van der Waals surface area contributed by atoms with Crippen molar-refractivity contribution in [1.82, 2.24) is 4.31 Å². The number of nitrogens with zero attached hydrogens (tertiary/aromatic N) is 1. The lowest BCUT2D eigenvalue weighted by atomic mass is 10.1. The first kappa shape index (κ1) is 16.6. The van der Waals surface area contributed by atoms with E-state index >= 15 is 0 Å². The molecule has 1 aliphatic rings. The molecule has 0 radical (unpaired) electrons. The number of rotatable bonds is 4. The molecule has 1 aromatic rings. The maximum atomic E-state index is 12.9. The van der Waals surface area contributed by atoms with E-state index in [0.29, 0.717) is 23.9 Å². The van der Waals surface area contributed by atoms with Crippen LogP contribution in [0.25, 0.3) is 0 Å². The summed E-state index contributed by atoms with van der Waals surface area (Å²) in [6, 6.07) is 3.23. The summed E-state index contributed by atoms with van der Waals surface area (Å²) in [5, 5.41) is 0.446. The van der Waals surface area contributed by atoms with Gasteiger partial charge in [-0.2, -0.15) is 4.31 Å². The number of benzene rings is 1. The zero-order valence-electron chi connectivity index (χ0n) is 12.7. The van der Waals surface area contributed by atoms with Crippen LogP contribution in [0.5, 0.6) is 5.75 Å². The van der Waals surface area contributed by atoms with Crippen LogP contribution >= 0.6 is 11.6 Å². The molecule has 0 bridgehead atoms. The summed E-state index contributed by atoms with van der Waals surface area (Å²) in [7, 11) is -3.58. The summed E-state index contributed by atoms with van der Waals surface area (Å²) in [4.78, 5) is 0.175. The molecule has 0 amide bonds. The molecule has 1 atom stereocenters. The van der Waals surface area contributed by atoms with E-state index in [0.717, 1.165) is 24.8 Å². The van der Waals surface area contributed by atoms with Crippen molar-refractivity contribution in [1.29, 1.82) is 0 Å². The fourth-order valence-corrected chi connectivity index (χ4v) is 4.73. The minimum atomic E-state index is -3.58. The van der Waals surface area contributed by atoms with Crippen molar-refractivity contribution in [3.05, 3.63) is 22.7 Å². The van der Waals surface area contributed by atoms with Crippen LogP contribution in [0.2, 0.25) is 5.02 Å². The average molecular weight is 332 g/mol. The Morgan fingerprint density at radius 2 is 2.10 bits per heavy atom. The molecular formula is C15H22ClNO3S. The second kappa shape index (κ2) is 6.55. The first-order valence-corrected chi connectivity index (χ1v) is 9.14. The van der Waals surface area contributed by atoms with E-state index in [4.69, 9.17) is 16.3 Å². The lowest BCUT2D eigenvalue weighted by Gasteiger charge is -2.32. The van der Waals surface area contributed by atoms with Gasteiger partial charge in [-0.3, -0.25) is 0 Å². The molecular weight excluding hydrogens is 310 g/mol. The largest absolute Gasteiger partial charge is 0.492 e. The van der Waals surface area contributed by atoms with Gasteiger partial charge in [0, 0.05) is 17.6 Å². The third-order valence-corrected chi connectivity index (χ3v) is 6.30. The maximum Gasteiger partial charge on any atom is 0.247 e. The van der Waals surface area contributed by atoms with Crippen molar-refractivity contribution in [2.75, 3.05) is 13.2 Å². The van der Waals surface area contributed by atoms with E-state index in [2.05, 4.69) is 0 Å². The maximum absolute atomic E-state index is 12.9. The summed E-state index contributed by atoms with van der Waals surface area (Å²) in [5.41, 5.74) is 0.811. The van der Waals surface area contributed by atoms with Crippen LogP contribution in [-0.2, 0) is 10.0 Å². The zero-order valence-corrected chi connectivity index (χ0v) is 14.3. The van der Waals surface area contributed by atoms with Crippen LogP contribution in [0.3, 0.4) is 0 Å². The fourth-order valence-electron chi connectivity index (χ4n) is 2.66. The molecule has 0 aromatic heterocycles. The standard InChI is InChI=1S/C15H22ClNO3S/c1-4-20-14-9-11(2)13(16)10-15(14)21(18,19)17-8-6-5-7-12(17)3/h9-10,12H,4-8H2,1-3H3/t12-/m1/s1. The molecule has 1 fully saturated rings. The molecule has 118 valence electrons. The van der Waals surface area contributed by atoms with Gasteiger partial charge >= 0.3 is 0 Å². The summed E-state index contributed by atoms with van der Waals surface area (Å²) < 4.78 is 33.0. The smallest absolute Gasteiger partial charge is 0.247 e. The minimum Gasteiger partial charge on any atom is -0.492 e. The Morgan fingerprint density at radius 3 is 2.71 bits per heavy atom. The van der Waals surface area contributed by atoms with Gasteiger partial charge in [0.1, 0.15) is 10.6 Å². The minimum absolute atomic E-state index is 0.0123. The third-order valence-electron chi connectivity index (χ3n) is 3.85. The number of hydrogen-bond donors (Lipinski definition) is 0. The van der Waals surface area contributed by atoms with Gasteiger partial charge in [-0.1, -0.05) is 18.0 Å². The molecule has 0 N–H and O–H groups in total. The van der Waals surface area contributed by atoms with Gasteiger partial charge in [-0.15, -0.1) is 0 Å². The van der Waals surface area contributed by atoms with Crippen molar-refractivity contribution in [2.45, 2.75) is 51.0 Å². The third kappa shape index (κ3) is 3.35. The van der Waals surface area contributed by atoms with E-state index in [9.17, 15) is 8.42 Å². The van der Waals surface area contributed by atoms with Crippen LogP contribution in [0.15, 0.2) is 17.0 Å². The molecule has 1 saturated heterocycles. The Kier molecular flexibility index (Phi) is 5.17. The first-order chi connectivity index (χ1) is 9.87. The highest BCUT2D eigenvalue weighted by Crippen LogP contribution is 2.34. The Bertz CT molecular complexity index is 616. The number of halogens is 1. The Morgan fingerprint density at radius 1 is 1.38 bits per heavy atom. The molecule has 2 rings (SSSR count). The number of aryl methyl sites for hydroxylation is 1. The predicted octanol–water partition coefficient (Wildman–Crippen LogP) is 3.61. The Hall–Kier alpha value is -0.780. The molecule has 0 unspecified atom stereocenters. The second-order valence-corrected chi connectivity index (χ2v) is 7.71. The van der Waals surface area contributed by atoms with Crippen LogP contribution in [0.1, 0.15) is 38.7 Å². The van der Waals surface area contributed by atoms with Crippen molar-refractivity contribution in [2.24, 2.45) is 0 Å². The van der Waals surface area contributed by atoms with E-state index in [-0.39, 0.29) is 10.9 Å². The Balaban J connectivity index is 2.50. The number of ether oxygens (including phenoxy) is 1. The highest BCUT2D eigenvalue weighted by Gasteiger charge is 2.33. The van der Waals surface area contributed by atoms with Gasteiger partial charge in [-0.25, -0.2) is 8.42 Å². The topological polar surface area (TPSA) is 46.6 Å². The van der Waals surface area contributed by atoms with Crippen LogP contribution in [0, 0.1) is 6.92 Å². The highest BCUT2D eigenvalue weighted by molar-refractivity contribution is 7.89. The first-order valence-electron chi connectivity index (χ1n) is 7.32. The van der Waals surface area contributed by atoms with Crippen molar-refractivity contribution in [3.63, 3.8) is 0 Å². The SMILES string of the molecule is CCOc1cc(C)c(Cl)cc1S(=O)(=O)N1CCCC[C@H]1C. The summed E-state index contributed by atoms with van der Waals surface area (Å²) in [6.07, 6.45) is 2.86. The number of hydrogen-bond acceptors (Lipinski definition) is 3. The average Bonchev–Trinajstić information content (AvgIpc) is 2.43. The van der Waals surface area contributed by atoms with Gasteiger partial charge < -0.3 is 4.74 Å². The normalized spacial score (nSPS) is 20.5.